The standard InChI is InChI=1S/C11H14F2N2O2/c1-7(6-14)10(16)15-8-2-4-9(5-3-8)17-11(12)13/h2-5,7,11H,6,14H2,1H3,(H,15,16). The number of carbonyl (C=O) groups is 1. The maximum atomic E-state index is 11.9. The molecule has 3 N–H and O–H groups in total. The van der Waals surface area contributed by atoms with Crippen molar-refractivity contribution in [3.05, 3.63) is 24.3 Å². The van der Waals surface area contributed by atoms with E-state index in [4.69, 9.17) is 5.73 Å². The lowest BCUT2D eigenvalue weighted by Gasteiger charge is -2.10. The number of anilines is 1. The molecule has 17 heavy (non-hydrogen) atoms. The normalized spacial score (nSPS) is 12.3. The Morgan fingerprint density at radius 3 is 2.47 bits per heavy atom. The van der Waals surface area contributed by atoms with Crippen molar-refractivity contribution >= 4 is 11.6 Å². The molecular formula is C11H14F2N2O2. The molecule has 0 saturated heterocycles. The molecule has 1 aromatic rings. The van der Waals surface area contributed by atoms with Gasteiger partial charge in [0.2, 0.25) is 5.91 Å². The van der Waals surface area contributed by atoms with Crippen LogP contribution in [0.2, 0.25) is 0 Å². The van der Waals surface area contributed by atoms with Gasteiger partial charge in [-0.05, 0) is 24.3 Å². The minimum absolute atomic E-state index is 0.0462. The van der Waals surface area contributed by atoms with Crippen LogP contribution < -0.4 is 15.8 Å². The van der Waals surface area contributed by atoms with Crippen LogP contribution >= 0.6 is 0 Å². The minimum Gasteiger partial charge on any atom is -0.435 e. The van der Waals surface area contributed by atoms with Gasteiger partial charge in [0, 0.05) is 18.2 Å². The summed E-state index contributed by atoms with van der Waals surface area (Å²) in [6.07, 6.45) is 0. The van der Waals surface area contributed by atoms with Crippen molar-refractivity contribution in [3.63, 3.8) is 0 Å². The van der Waals surface area contributed by atoms with Gasteiger partial charge in [-0.1, -0.05) is 6.92 Å². The van der Waals surface area contributed by atoms with E-state index in [0.29, 0.717) is 5.69 Å². The van der Waals surface area contributed by atoms with Crippen LogP contribution in [-0.2, 0) is 4.79 Å². The lowest BCUT2D eigenvalue weighted by molar-refractivity contribution is -0.119. The molecule has 0 aliphatic carbocycles. The van der Waals surface area contributed by atoms with Gasteiger partial charge < -0.3 is 15.8 Å². The average Bonchev–Trinajstić information content (AvgIpc) is 2.30. The van der Waals surface area contributed by atoms with E-state index in [9.17, 15) is 13.6 Å². The summed E-state index contributed by atoms with van der Waals surface area (Å²) in [5, 5.41) is 2.61. The Morgan fingerprint density at radius 1 is 1.41 bits per heavy atom. The first-order chi connectivity index (χ1) is 8.02. The molecule has 0 saturated carbocycles. The Labute approximate surface area is 97.8 Å². The fourth-order valence-corrected chi connectivity index (χ4v) is 1.09. The number of alkyl halides is 2. The first kappa shape index (κ1) is 13.4. The topological polar surface area (TPSA) is 64.4 Å². The van der Waals surface area contributed by atoms with Crippen molar-refractivity contribution in [1.82, 2.24) is 0 Å². The van der Waals surface area contributed by atoms with Crippen LogP contribution in [0.3, 0.4) is 0 Å². The zero-order chi connectivity index (χ0) is 12.8. The predicted octanol–water partition coefficient (Wildman–Crippen LogP) is 1.82. The van der Waals surface area contributed by atoms with Crippen LogP contribution in [0.25, 0.3) is 0 Å². The van der Waals surface area contributed by atoms with Gasteiger partial charge in [0.05, 0.1) is 0 Å². The second-order valence-corrected chi connectivity index (χ2v) is 3.53. The highest BCUT2D eigenvalue weighted by atomic mass is 19.3. The number of carbonyl (C=O) groups excluding carboxylic acids is 1. The summed E-state index contributed by atoms with van der Waals surface area (Å²) in [6.45, 7) is -0.908. The molecule has 4 nitrogen and oxygen atoms in total. The third-order valence-electron chi connectivity index (χ3n) is 2.15. The van der Waals surface area contributed by atoms with E-state index in [-0.39, 0.29) is 24.1 Å². The molecule has 1 atom stereocenters. The second kappa shape index (κ2) is 6.15. The quantitative estimate of drug-likeness (QED) is 0.830. The summed E-state index contributed by atoms with van der Waals surface area (Å²) in [4.78, 5) is 11.5. The molecule has 0 spiro atoms. The fraction of sp³-hybridized carbons (Fsp3) is 0.364. The van der Waals surface area contributed by atoms with Crippen LogP contribution in [0.15, 0.2) is 24.3 Å². The van der Waals surface area contributed by atoms with E-state index in [1.807, 2.05) is 0 Å². The molecule has 0 heterocycles. The number of nitrogens with one attached hydrogen (secondary N) is 1. The zero-order valence-corrected chi connectivity index (χ0v) is 9.32. The highest BCUT2D eigenvalue weighted by Crippen LogP contribution is 2.18. The number of hydrogen-bond donors (Lipinski definition) is 2. The van der Waals surface area contributed by atoms with E-state index >= 15 is 0 Å². The van der Waals surface area contributed by atoms with Crippen molar-refractivity contribution in [2.75, 3.05) is 11.9 Å². The highest BCUT2D eigenvalue weighted by Gasteiger charge is 2.11. The largest absolute Gasteiger partial charge is 0.435 e. The molecule has 94 valence electrons. The van der Waals surface area contributed by atoms with Crippen LogP contribution in [-0.4, -0.2) is 19.1 Å². The first-order valence-corrected chi connectivity index (χ1v) is 5.08. The number of halogens is 2. The number of nitrogens with two attached hydrogens (primary N) is 1. The summed E-state index contributed by atoms with van der Waals surface area (Å²) in [5.74, 6) is -0.466. The monoisotopic (exact) mass is 244 g/mol. The molecule has 1 rings (SSSR count). The first-order valence-electron chi connectivity index (χ1n) is 5.08. The second-order valence-electron chi connectivity index (χ2n) is 3.53. The molecule has 0 bridgehead atoms. The van der Waals surface area contributed by atoms with Crippen LogP contribution in [0.1, 0.15) is 6.92 Å². The van der Waals surface area contributed by atoms with Crippen LogP contribution in [0.4, 0.5) is 14.5 Å². The Kier molecular flexibility index (Phi) is 4.84. The van der Waals surface area contributed by atoms with Gasteiger partial charge in [0.1, 0.15) is 5.75 Å². The van der Waals surface area contributed by atoms with Crippen molar-refractivity contribution in [2.45, 2.75) is 13.5 Å². The lowest BCUT2D eigenvalue weighted by atomic mass is 10.1. The smallest absolute Gasteiger partial charge is 0.387 e. The summed E-state index contributed by atoms with van der Waals surface area (Å²) >= 11 is 0. The molecule has 1 amide bonds. The molecule has 6 heteroatoms. The molecule has 0 aromatic heterocycles. The molecule has 1 aromatic carbocycles. The summed E-state index contributed by atoms with van der Waals surface area (Å²) in [5.41, 5.74) is 5.85. The van der Waals surface area contributed by atoms with Crippen LogP contribution in [0, 0.1) is 5.92 Å². The molecule has 0 radical (unpaired) electrons. The summed E-state index contributed by atoms with van der Waals surface area (Å²) in [7, 11) is 0. The van der Waals surface area contributed by atoms with E-state index in [2.05, 4.69) is 10.1 Å². The molecule has 1 unspecified atom stereocenters. The lowest BCUT2D eigenvalue weighted by Crippen LogP contribution is -2.26. The number of rotatable bonds is 5. The molecular weight excluding hydrogens is 230 g/mol. The predicted molar refractivity (Wildman–Crippen MR) is 59.9 cm³/mol. The van der Waals surface area contributed by atoms with E-state index in [1.165, 1.54) is 24.3 Å². The Balaban J connectivity index is 2.59. The van der Waals surface area contributed by atoms with Gasteiger partial charge in [-0.15, -0.1) is 0 Å². The van der Waals surface area contributed by atoms with Gasteiger partial charge >= 0.3 is 6.61 Å². The van der Waals surface area contributed by atoms with Crippen molar-refractivity contribution in [3.8, 4) is 5.75 Å². The van der Waals surface area contributed by atoms with Crippen molar-refractivity contribution in [1.29, 1.82) is 0 Å². The van der Waals surface area contributed by atoms with Crippen molar-refractivity contribution in [2.24, 2.45) is 11.7 Å². The summed E-state index contributed by atoms with van der Waals surface area (Å²) in [6, 6.07) is 5.68. The van der Waals surface area contributed by atoms with Crippen LogP contribution in [0.5, 0.6) is 5.75 Å². The van der Waals surface area contributed by atoms with Gasteiger partial charge in [0.15, 0.2) is 0 Å². The number of amides is 1. The molecule has 0 aliphatic rings. The third-order valence-corrected chi connectivity index (χ3v) is 2.15. The van der Waals surface area contributed by atoms with Gasteiger partial charge in [0.25, 0.3) is 0 Å². The Morgan fingerprint density at radius 2 is 2.00 bits per heavy atom. The van der Waals surface area contributed by atoms with Gasteiger partial charge in [-0.2, -0.15) is 8.78 Å². The highest BCUT2D eigenvalue weighted by molar-refractivity contribution is 5.92. The Hall–Kier alpha value is -1.69. The van der Waals surface area contributed by atoms with Crippen molar-refractivity contribution < 1.29 is 18.3 Å². The molecule has 0 aliphatic heterocycles. The number of benzene rings is 1. The van der Waals surface area contributed by atoms with E-state index < -0.39 is 6.61 Å². The van der Waals surface area contributed by atoms with Gasteiger partial charge in [-0.25, -0.2) is 0 Å². The zero-order valence-electron chi connectivity index (χ0n) is 9.32. The average molecular weight is 244 g/mol. The fourth-order valence-electron chi connectivity index (χ4n) is 1.09. The SMILES string of the molecule is CC(CN)C(=O)Nc1ccc(OC(F)F)cc1. The number of ether oxygens (including phenoxy) is 1. The molecule has 0 fully saturated rings. The minimum atomic E-state index is -2.85. The Bertz CT molecular complexity index is 368. The maximum absolute atomic E-state index is 11.9. The maximum Gasteiger partial charge on any atom is 0.387 e. The van der Waals surface area contributed by atoms with E-state index in [0.717, 1.165) is 0 Å². The third kappa shape index (κ3) is 4.36. The number of hydrogen-bond acceptors (Lipinski definition) is 3. The van der Waals surface area contributed by atoms with Gasteiger partial charge in [-0.3, -0.25) is 4.79 Å². The summed E-state index contributed by atoms with van der Waals surface area (Å²) < 4.78 is 27.9. The van der Waals surface area contributed by atoms with E-state index in [1.54, 1.807) is 6.92 Å².